The highest BCUT2D eigenvalue weighted by Crippen LogP contribution is 2.19. The number of rotatable bonds is 6. The first-order chi connectivity index (χ1) is 9.28. The van der Waals surface area contributed by atoms with Gasteiger partial charge in [-0.05, 0) is 38.3 Å². The quantitative estimate of drug-likeness (QED) is 0.774. The summed E-state index contributed by atoms with van der Waals surface area (Å²) in [5.41, 5.74) is 0. The van der Waals surface area contributed by atoms with E-state index in [1.54, 1.807) is 0 Å². The van der Waals surface area contributed by atoms with Gasteiger partial charge in [0.05, 0.1) is 0 Å². The highest BCUT2D eigenvalue weighted by Gasteiger charge is 2.33. The first-order valence-electron chi connectivity index (χ1n) is 6.55. The lowest BCUT2D eigenvalue weighted by atomic mass is 9.94. The van der Waals surface area contributed by atoms with Crippen LogP contribution in [0.2, 0.25) is 0 Å². The summed E-state index contributed by atoms with van der Waals surface area (Å²) in [6, 6.07) is 0. The molecule has 0 aliphatic carbocycles. The molecule has 1 aliphatic rings. The third-order valence-corrected chi connectivity index (χ3v) is 3.21. The van der Waals surface area contributed by atoms with Gasteiger partial charge in [-0.15, -0.1) is 0 Å². The van der Waals surface area contributed by atoms with Crippen molar-refractivity contribution in [3.8, 4) is 0 Å². The maximum atomic E-state index is 12.3. The van der Waals surface area contributed by atoms with Crippen LogP contribution in [0.4, 0.5) is 13.2 Å². The maximum Gasteiger partial charge on any atom is 0.406 e. The molecule has 0 spiro atoms. The van der Waals surface area contributed by atoms with E-state index in [-0.39, 0.29) is 12.3 Å². The van der Waals surface area contributed by atoms with Gasteiger partial charge in [0.25, 0.3) is 0 Å². The minimum Gasteiger partial charge on any atom is -0.480 e. The van der Waals surface area contributed by atoms with Gasteiger partial charge in [-0.2, -0.15) is 13.2 Å². The Morgan fingerprint density at radius 2 is 2.05 bits per heavy atom. The van der Waals surface area contributed by atoms with E-state index in [0.29, 0.717) is 11.3 Å². The van der Waals surface area contributed by atoms with Gasteiger partial charge in [0.2, 0.25) is 5.91 Å². The second kappa shape index (κ2) is 7.47. The van der Waals surface area contributed by atoms with Crippen molar-refractivity contribution in [1.29, 1.82) is 0 Å². The van der Waals surface area contributed by atoms with Crippen LogP contribution in [0, 0.1) is 5.92 Å². The van der Waals surface area contributed by atoms with Gasteiger partial charge in [-0.3, -0.25) is 9.59 Å². The Morgan fingerprint density at radius 1 is 1.35 bits per heavy atom. The molecule has 0 aromatic heterocycles. The summed E-state index contributed by atoms with van der Waals surface area (Å²) < 4.78 is 36.9. The van der Waals surface area contributed by atoms with Gasteiger partial charge in [0.1, 0.15) is 13.1 Å². The number of nitrogens with one attached hydrogen (secondary N) is 1. The second-order valence-corrected chi connectivity index (χ2v) is 5.01. The fourth-order valence-corrected chi connectivity index (χ4v) is 2.27. The molecule has 8 heteroatoms. The summed E-state index contributed by atoms with van der Waals surface area (Å²) in [4.78, 5) is 22.6. The lowest BCUT2D eigenvalue weighted by molar-refractivity contribution is -0.165. The second-order valence-electron chi connectivity index (χ2n) is 5.01. The van der Waals surface area contributed by atoms with Crippen LogP contribution in [0.25, 0.3) is 0 Å². The summed E-state index contributed by atoms with van der Waals surface area (Å²) in [6.45, 7) is -0.753. The maximum absolute atomic E-state index is 12.3. The zero-order valence-corrected chi connectivity index (χ0v) is 11.1. The Morgan fingerprint density at radius 3 is 2.55 bits per heavy atom. The average molecular weight is 296 g/mol. The van der Waals surface area contributed by atoms with Crippen molar-refractivity contribution in [2.24, 2.45) is 5.92 Å². The Kier molecular flexibility index (Phi) is 6.25. The fraction of sp³-hybridized carbons (Fsp3) is 0.833. The van der Waals surface area contributed by atoms with Crippen LogP contribution >= 0.6 is 0 Å². The molecule has 20 heavy (non-hydrogen) atoms. The highest BCUT2D eigenvalue weighted by molar-refractivity contribution is 5.81. The number of carboxylic acids is 1. The Bertz CT molecular complexity index is 341. The van der Waals surface area contributed by atoms with Gasteiger partial charge in [0, 0.05) is 6.42 Å². The van der Waals surface area contributed by atoms with Crippen LogP contribution in [0.1, 0.15) is 25.7 Å². The third-order valence-electron chi connectivity index (χ3n) is 3.21. The predicted molar refractivity (Wildman–Crippen MR) is 65.1 cm³/mol. The van der Waals surface area contributed by atoms with E-state index in [4.69, 9.17) is 5.11 Å². The van der Waals surface area contributed by atoms with Crippen LogP contribution in [0.15, 0.2) is 0 Å². The van der Waals surface area contributed by atoms with Crippen molar-refractivity contribution in [3.63, 3.8) is 0 Å². The molecule has 1 rings (SSSR count). The molecular formula is C12H19F3N2O3. The number of carbonyl (C=O) groups is 2. The molecule has 1 heterocycles. The number of nitrogens with zero attached hydrogens (tertiary/aromatic N) is 1. The molecule has 0 bridgehead atoms. The van der Waals surface area contributed by atoms with Gasteiger partial charge in [-0.1, -0.05) is 0 Å². The molecule has 2 N–H and O–H groups in total. The summed E-state index contributed by atoms with van der Waals surface area (Å²) in [5.74, 6) is -1.93. The first kappa shape index (κ1) is 16.7. The van der Waals surface area contributed by atoms with Crippen molar-refractivity contribution < 1.29 is 27.9 Å². The number of alkyl halides is 3. The lowest BCUT2D eigenvalue weighted by Crippen LogP contribution is -2.42. The number of hydrogen-bond donors (Lipinski definition) is 2. The molecule has 5 nitrogen and oxygen atoms in total. The number of carbonyl (C=O) groups excluding carboxylic acids is 1. The number of amides is 1. The zero-order chi connectivity index (χ0) is 15.2. The first-order valence-corrected chi connectivity index (χ1v) is 6.55. The van der Waals surface area contributed by atoms with Gasteiger partial charge in [0.15, 0.2) is 0 Å². The number of hydrogen-bond acceptors (Lipinski definition) is 3. The van der Waals surface area contributed by atoms with Crippen LogP contribution in [-0.4, -0.2) is 54.2 Å². The van der Waals surface area contributed by atoms with Gasteiger partial charge < -0.3 is 15.3 Å². The largest absolute Gasteiger partial charge is 0.480 e. The monoisotopic (exact) mass is 296 g/mol. The molecule has 0 radical (unpaired) electrons. The molecule has 1 amide bonds. The van der Waals surface area contributed by atoms with Gasteiger partial charge >= 0.3 is 12.1 Å². The molecule has 1 unspecified atom stereocenters. The lowest BCUT2D eigenvalue weighted by Gasteiger charge is -2.25. The smallest absolute Gasteiger partial charge is 0.406 e. The zero-order valence-electron chi connectivity index (χ0n) is 11.1. The molecule has 1 fully saturated rings. The number of carboxylic acid groups (broad SMARTS) is 1. The summed E-state index contributed by atoms with van der Waals surface area (Å²) >= 11 is 0. The van der Waals surface area contributed by atoms with Crippen LogP contribution < -0.4 is 5.32 Å². The van der Waals surface area contributed by atoms with Crippen molar-refractivity contribution >= 4 is 11.9 Å². The van der Waals surface area contributed by atoms with E-state index in [0.717, 1.165) is 25.9 Å². The van der Waals surface area contributed by atoms with Crippen molar-refractivity contribution in [2.45, 2.75) is 31.9 Å². The molecule has 0 saturated carbocycles. The number of halogens is 3. The van der Waals surface area contributed by atoms with Crippen molar-refractivity contribution in [1.82, 2.24) is 10.2 Å². The predicted octanol–water partition coefficient (Wildman–Crippen LogP) is 1.24. The SMILES string of the molecule is O=C(O)CN(CC(F)(F)F)C(=O)CCC1CCCNC1. The van der Waals surface area contributed by atoms with E-state index in [1.165, 1.54) is 0 Å². The highest BCUT2D eigenvalue weighted by atomic mass is 19.4. The van der Waals surface area contributed by atoms with Crippen LogP contribution in [0.3, 0.4) is 0 Å². The standard InChI is InChI=1S/C12H19F3N2O3/c13-12(14,15)8-17(7-11(19)20)10(18)4-3-9-2-1-5-16-6-9/h9,16H,1-8H2,(H,19,20). The molecular weight excluding hydrogens is 277 g/mol. The van der Waals surface area contributed by atoms with Crippen molar-refractivity contribution in [2.75, 3.05) is 26.2 Å². The molecule has 1 saturated heterocycles. The Labute approximate surface area is 115 Å². The summed E-state index contributed by atoms with van der Waals surface area (Å²) in [6.07, 6.45) is -2.22. The van der Waals surface area contributed by atoms with Gasteiger partial charge in [-0.25, -0.2) is 0 Å². The molecule has 116 valence electrons. The van der Waals surface area contributed by atoms with Crippen molar-refractivity contribution in [3.05, 3.63) is 0 Å². The Balaban J connectivity index is 2.47. The Hall–Kier alpha value is -1.31. The fourth-order valence-electron chi connectivity index (χ4n) is 2.27. The van der Waals surface area contributed by atoms with E-state index in [2.05, 4.69) is 5.32 Å². The molecule has 1 atom stereocenters. The molecule has 1 aliphatic heterocycles. The third kappa shape index (κ3) is 6.74. The summed E-state index contributed by atoms with van der Waals surface area (Å²) in [7, 11) is 0. The van der Waals surface area contributed by atoms with E-state index in [9.17, 15) is 22.8 Å². The number of piperidine rings is 1. The topological polar surface area (TPSA) is 69.6 Å². The van der Waals surface area contributed by atoms with Crippen LogP contribution in [0.5, 0.6) is 0 Å². The molecule has 0 aromatic carbocycles. The van der Waals surface area contributed by atoms with E-state index in [1.807, 2.05) is 0 Å². The van der Waals surface area contributed by atoms with Crippen LogP contribution in [-0.2, 0) is 9.59 Å². The summed E-state index contributed by atoms with van der Waals surface area (Å²) in [5, 5.41) is 11.7. The average Bonchev–Trinajstić information content (AvgIpc) is 2.34. The van der Waals surface area contributed by atoms with E-state index >= 15 is 0 Å². The molecule has 0 aromatic rings. The minimum atomic E-state index is -4.59. The normalized spacial score (nSPS) is 19.6. The number of aliphatic carboxylic acids is 1. The minimum absolute atomic E-state index is 0.0459. The van der Waals surface area contributed by atoms with E-state index < -0.39 is 31.1 Å².